The molecule has 0 spiro atoms. The van der Waals surface area contributed by atoms with Crippen LogP contribution in [-0.4, -0.2) is 16.2 Å². The van der Waals surface area contributed by atoms with Crippen LogP contribution in [0.1, 0.15) is 10.4 Å². The summed E-state index contributed by atoms with van der Waals surface area (Å²) in [6, 6.07) is 6.45. The van der Waals surface area contributed by atoms with Gasteiger partial charge >= 0.3 is 18.9 Å². The van der Waals surface area contributed by atoms with Crippen molar-refractivity contribution in [1.29, 1.82) is 0 Å². The molecule has 11 heavy (non-hydrogen) atoms. The van der Waals surface area contributed by atoms with Crippen LogP contribution in [0, 0.1) is 6.07 Å². The van der Waals surface area contributed by atoms with Gasteiger partial charge in [0.15, 0.2) is 0 Å². The van der Waals surface area contributed by atoms with E-state index in [0.717, 1.165) is 0 Å². The van der Waals surface area contributed by atoms with Gasteiger partial charge in [0.2, 0.25) is 5.97 Å². The van der Waals surface area contributed by atoms with Gasteiger partial charge in [-0.15, -0.1) is 18.2 Å². The number of phenols is 1. The molecule has 0 aliphatic rings. The summed E-state index contributed by atoms with van der Waals surface area (Å²) in [4.78, 5) is 10.2. The van der Waals surface area contributed by atoms with Crippen molar-refractivity contribution >= 4 is 5.97 Å². The molecule has 0 bridgehead atoms. The van der Waals surface area contributed by atoms with Crippen molar-refractivity contribution in [3.8, 4) is 5.75 Å². The number of aromatic hydroxyl groups is 1. The van der Waals surface area contributed by atoms with E-state index >= 15 is 0 Å². The van der Waals surface area contributed by atoms with Gasteiger partial charge in [-0.3, -0.25) is 0 Å². The van der Waals surface area contributed by atoms with Crippen LogP contribution >= 0.6 is 0 Å². The van der Waals surface area contributed by atoms with Gasteiger partial charge < -0.3 is 15.0 Å². The predicted octanol–water partition coefficient (Wildman–Crippen LogP) is -2.11. The average molecular weight is 144 g/mol. The minimum absolute atomic E-state index is 0. The van der Waals surface area contributed by atoms with Gasteiger partial charge in [-0.05, 0) is 0 Å². The van der Waals surface area contributed by atoms with Crippen LogP contribution in [0.15, 0.2) is 18.2 Å². The Balaban J connectivity index is 0.000001000. The number of carboxylic acid groups (broad SMARTS) is 1. The summed E-state index contributed by atoms with van der Waals surface area (Å²) in [7, 11) is 0. The standard InChI is InChI=1S/C7H5O3.Li/c8-6-3-1-2-5(4-6)7(9)10;/h1-3,8H,(H,9,10);/q-1;+1. The monoisotopic (exact) mass is 144 g/mol. The Labute approximate surface area is 75.8 Å². The van der Waals surface area contributed by atoms with Gasteiger partial charge in [-0.25, -0.2) is 0 Å². The maximum Gasteiger partial charge on any atom is 1.00 e. The van der Waals surface area contributed by atoms with Crippen LogP contribution in [0.25, 0.3) is 0 Å². The van der Waals surface area contributed by atoms with E-state index in [-0.39, 0.29) is 30.2 Å². The SMILES string of the molecule is O=C(O)c1[c-]c(O)ccc1.[Li+]. The van der Waals surface area contributed by atoms with Crippen molar-refractivity contribution in [2.75, 3.05) is 0 Å². The summed E-state index contributed by atoms with van der Waals surface area (Å²) in [6.45, 7) is 0. The second-order valence-electron chi connectivity index (χ2n) is 1.75. The molecule has 0 saturated heterocycles. The quantitative estimate of drug-likeness (QED) is 0.350. The minimum Gasteiger partial charge on any atom is -0.528 e. The van der Waals surface area contributed by atoms with Crippen LogP contribution in [0.2, 0.25) is 0 Å². The first-order valence-electron chi connectivity index (χ1n) is 2.65. The van der Waals surface area contributed by atoms with E-state index in [9.17, 15) is 4.79 Å². The van der Waals surface area contributed by atoms with Gasteiger partial charge in [0.1, 0.15) is 0 Å². The summed E-state index contributed by atoms with van der Waals surface area (Å²) in [5, 5.41) is 17.1. The number of carboxylic acids is 1. The molecule has 3 nitrogen and oxygen atoms in total. The molecule has 0 saturated carbocycles. The van der Waals surface area contributed by atoms with Crippen LogP contribution in [0.5, 0.6) is 5.75 Å². The van der Waals surface area contributed by atoms with E-state index in [1.165, 1.54) is 18.2 Å². The number of hydrogen-bond acceptors (Lipinski definition) is 2. The third kappa shape index (κ3) is 2.67. The summed E-state index contributed by atoms with van der Waals surface area (Å²) in [5.74, 6) is -1.24. The zero-order valence-electron chi connectivity index (χ0n) is 6.03. The number of hydrogen-bond donors (Lipinski definition) is 2. The van der Waals surface area contributed by atoms with Crippen molar-refractivity contribution in [2.45, 2.75) is 0 Å². The molecular weight excluding hydrogens is 139 g/mol. The Morgan fingerprint density at radius 3 is 2.45 bits per heavy atom. The Kier molecular flexibility index (Phi) is 3.73. The predicted molar refractivity (Wildman–Crippen MR) is 33.9 cm³/mol. The number of carbonyl (C=O) groups is 1. The van der Waals surface area contributed by atoms with Gasteiger partial charge in [-0.1, -0.05) is 11.6 Å². The molecule has 0 radical (unpaired) electrons. The Hall–Kier alpha value is -0.913. The Morgan fingerprint density at radius 1 is 1.45 bits per heavy atom. The van der Waals surface area contributed by atoms with E-state index in [1.54, 1.807) is 0 Å². The number of rotatable bonds is 1. The molecule has 0 unspecified atom stereocenters. The van der Waals surface area contributed by atoms with Crippen LogP contribution in [0.4, 0.5) is 0 Å². The maximum atomic E-state index is 10.2. The topological polar surface area (TPSA) is 57.5 Å². The molecule has 0 aliphatic carbocycles. The fraction of sp³-hybridized carbons (Fsp3) is 0. The van der Waals surface area contributed by atoms with Crippen molar-refractivity contribution in [1.82, 2.24) is 0 Å². The number of benzene rings is 1. The largest absolute Gasteiger partial charge is 1.00 e. The zero-order valence-corrected chi connectivity index (χ0v) is 6.03. The minimum atomic E-state index is -1.09. The molecule has 1 aromatic rings. The van der Waals surface area contributed by atoms with E-state index in [4.69, 9.17) is 10.2 Å². The van der Waals surface area contributed by atoms with Crippen molar-refractivity contribution in [2.24, 2.45) is 0 Å². The Bertz CT molecular complexity index is 260. The van der Waals surface area contributed by atoms with Gasteiger partial charge in [0, 0.05) is 5.75 Å². The summed E-state index contributed by atoms with van der Waals surface area (Å²) < 4.78 is 0. The first-order chi connectivity index (χ1) is 4.70. The molecule has 1 rings (SSSR count). The normalized spacial score (nSPS) is 8.36. The second kappa shape index (κ2) is 4.07. The fourth-order valence-electron chi connectivity index (χ4n) is 0.582. The molecule has 0 heterocycles. The van der Waals surface area contributed by atoms with Crippen molar-refractivity contribution < 1.29 is 33.9 Å². The molecule has 0 aromatic heterocycles. The summed E-state index contributed by atoms with van der Waals surface area (Å²) >= 11 is 0. The van der Waals surface area contributed by atoms with Crippen molar-refractivity contribution in [3.63, 3.8) is 0 Å². The summed E-state index contributed by atoms with van der Waals surface area (Å²) in [6.07, 6.45) is 0. The van der Waals surface area contributed by atoms with Gasteiger partial charge in [-0.2, -0.15) is 0 Å². The van der Waals surface area contributed by atoms with E-state index in [1.807, 2.05) is 0 Å². The van der Waals surface area contributed by atoms with Crippen LogP contribution in [0.3, 0.4) is 0 Å². The molecule has 0 aliphatic heterocycles. The van der Waals surface area contributed by atoms with Gasteiger partial charge in [0.25, 0.3) is 0 Å². The third-order valence-corrected chi connectivity index (χ3v) is 1.01. The van der Waals surface area contributed by atoms with Crippen molar-refractivity contribution in [3.05, 3.63) is 29.8 Å². The zero-order chi connectivity index (χ0) is 7.56. The van der Waals surface area contributed by atoms with E-state index < -0.39 is 5.97 Å². The smallest absolute Gasteiger partial charge is 0.528 e. The Morgan fingerprint density at radius 2 is 2.09 bits per heavy atom. The molecular formula is C7H5LiO3. The van der Waals surface area contributed by atoms with E-state index in [0.29, 0.717) is 0 Å². The second-order valence-corrected chi connectivity index (χ2v) is 1.75. The maximum absolute atomic E-state index is 10.2. The number of aromatic carboxylic acids is 1. The summed E-state index contributed by atoms with van der Waals surface area (Å²) in [5.41, 5.74) is -0.0278. The van der Waals surface area contributed by atoms with Gasteiger partial charge in [0.05, 0.1) is 0 Å². The average Bonchev–Trinajstić information content (AvgIpc) is 1.88. The fourth-order valence-corrected chi connectivity index (χ4v) is 0.582. The molecule has 2 N–H and O–H groups in total. The molecule has 0 fully saturated rings. The van der Waals surface area contributed by atoms with E-state index in [2.05, 4.69) is 6.07 Å². The van der Waals surface area contributed by atoms with Crippen LogP contribution in [-0.2, 0) is 0 Å². The third-order valence-electron chi connectivity index (χ3n) is 1.01. The number of phenolic OH excluding ortho intramolecular Hbond substituents is 1. The molecule has 4 heteroatoms. The first kappa shape index (κ1) is 10.1. The molecule has 0 atom stereocenters. The molecule has 52 valence electrons. The van der Waals surface area contributed by atoms with Crippen LogP contribution < -0.4 is 18.9 Å². The first-order valence-corrected chi connectivity index (χ1v) is 2.65. The molecule has 0 amide bonds. The molecule has 1 aromatic carbocycles.